The van der Waals surface area contributed by atoms with E-state index < -0.39 is 5.91 Å². The molecule has 39 heavy (non-hydrogen) atoms. The molecule has 10 nitrogen and oxygen atoms in total. The molecule has 0 bridgehead atoms. The summed E-state index contributed by atoms with van der Waals surface area (Å²) >= 11 is 0. The van der Waals surface area contributed by atoms with E-state index in [1.165, 1.54) is 11.9 Å². The number of nitrogens with zero attached hydrogens (tertiary/aromatic N) is 2. The van der Waals surface area contributed by atoms with E-state index in [9.17, 15) is 9.59 Å². The summed E-state index contributed by atoms with van der Waals surface area (Å²) in [4.78, 5) is 29.7. The summed E-state index contributed by atoms with van der Waals surface area (Å²) < 4.78 is 16.5. The monoisotopic (exact) mass is 539 g/mol. The fourth-order valence-electron chi connectivity index (χ4n) is 4.28. The van der Waals surface area contributed by atoms with Gasteiger partial charge in [-0.2, -0.15) is 0 Å². The van der Waals surface area contributed by atoms with Crippen molar-refractivity contribution in [1.29, 1.82) is 0 Å². The normalized spacial score (nSPS) is 17.5. The fourth-order valence-corrected chi connectivity index (χ4v) is 4.28. The van der Waals surface area contributed by atoms with Gasteiger partial charge in [0, 0.05) is 76.1 Å². The van der Waals surface area contributed by atoms with E-state index in [1.54, 1.807) is 43.3 Å². The lowest BCUT2D eigenvalue weighted by molar-refractivity contribution is -0.115. The number of rotatable bonds is 13. The lowest BCUT2D eigenvalue weighted by Gasteiger charge is -2.30. The maximum atomic E-state index is 13.2. The van der Waals surface area contributed by atoms with Crippen molar-refractivity contribution in [2.45, 2.75) is 26.7 Å². The van der Waals surface area contributed by atoms with E-state index in [0.29, 0.717) is 49.9 Å². The molecule has 0 spiro atoms. The number of hydrogen-bond donors (Lipinski definition) is 3. The zero-order valence-corrected chi connectivity index (χ0v) is 23.3. The number of nitrogens with one attached hydrogen (secondary N) is 3. The number of furan rings is 1. The summed E-state index contributed by atoms with van der Waals surface area (Å²) in [6.07, 6.45) is 10.2. The molecule has 1 aromatic heterocycles. The Morgan fingerprint density at radius 2 is 2.00 bits per heavy atom. The van der Waals surface area contributed by atoms with Crippen molar-refractivity contribution in [2.24, 2.45) is 0 Å². The first kappa shape index (κ1) is 29.8. The Kier molecular flexibility index (Phi) is 11.9. The van der Waals surface area contributed by atoms with Crippen LogP contribution in [0.3, 0.4) is 0 Å². The quantitative estimate of drug-likeness (QED) is 0.199. The first-order valence-corrected chi connectivity index (χ1v) is 13.3. The van der Waals surface area contributed by atoms with Gasteiger partial charge in [-0.3, -0.25) is 14.5 Å². The Balaban J connectivity index is 1.54. The highest BCUT2D eigenvalue weighted by molar-refractivity contribution is 6.06. The van der Waals surface area contributed by atoms with Crippen molar-refractivity contribution < 1.29 is 23.5 Å². The molecular weight excluding hydrogens is 498 g/mol. The molecule has 3 rings (SSSR count). The number of amides is 2. The van der Waals surface area contributed by atoms with Crippen molar-refractivity contribution in [3.63, 3.8) is 0 Å². The van der Waals surface area contributed by atoms with E-state index in [0.717, 1.165) is 38.2 Å². The van der Waals surface area contributed by atoms with Crippen LogP contribution >= 0.6 is 0 Å². The van der Waals surface area contributed by atoms with Crippen LogP contribution in [0, 0.1) is 0 Å². The Bertz CT molecular complexity index is 1110. The molecule has 212 valence electrons. The highest BCUT2D eigenvalue weighted by atomic mass is 16.5. The summed E-state index contributed by atoms with van der Waals surface area (Å²) in [5.74, 6) is 0.490. The molecule has 3 N–H and O–H groups in total. The third-order valence-corrected chi connectivity index (χ3v) is 6.58. The molecule has 0 saturated carbocycles. The molecule has 0 radical (unpaired) electrons. The van der Waals surface area contributed by atoms with Gasteiger partial charge in [-0.25, -0.2) is 0 Å². The number of ether oxygens (including phenoxy) is 2. The van der Waals surface area contributed by atoms with Crippen molar-refractivity contribution in [3.05, 3.63) is 77.7 Å². The molecule has 0 atom stereocenters. The predicted molar refractivity (Wildman–Crippen MR) is 152 cm³/mol. The minimum atomic E-state index is -0.395. The van der Waals surface area contributed by atoms with Gasteiger partial charge in [0.2, 0.25) is 5.88 Å². The Labute approximate surface area is 231 Å². The van der Waals surface area contributed by atoms with Crippen molar-refractivity contribution >= 4 is 17.7 Å². The van der Waals surface area contributed by atoms with Crippen LogP contribution in [0.15, 0.2) is 76.4 Å². The van der Waals surface area contributed by atoms with Gasteiger partial charge in [0.25, 0.3) is 11.8 Å². The molecule has 2 aliphatic heterocycles. The summed E-state index contributed by atoms with van der Waals surface area (Å²) in [7, 11) is 1.61. The molecule has 1 aromatic rings. The van der Waals surface area contributed by atoms with E-state index in [4.69, 9.17) is 13.9 Å². The Morgan fingerprint density at radius 3 is 2.74 bits per heavy atom. The highest BCUT2D eigenvalue weighted by Gasteiger charge is 2.26. The van der Waals surface area contributed by atoms with Gasteiger partial charge >= 0.3 is 0 Å². The minimum Gasteiger partial charge on any atom is -0.491 e. The van der Waals surface area contributed by atoms with Crippen molar-refractivity contribution in [1.82, 2.24) is 20.9 Å². The second-order valence-electron chi connectivity index (χ2n) is 9.24. The largest absolute Gasteiger partial charge is 0.491 e. The highest BCUT2D eigenvalue weighted by Crippen LogP contribution is 2.27. The van der Waals surface area contributed by atoms with Crippen LogP contribution < -0.4 is 20.9 Å². The molecule has 2 aliphatic rings. The summed E-state index contributed by atoms with van der Waals surface area (Å²) in [5.41, 5.74) is 2.71. The van der Waals surface area contributed by atoms with Crippen LogP contribution in [0.4, 0.5) is 5.88 Å². The lowest BCUT2D eigenvalue weighted by atomic mass is 10.0. The van der Waals surface area contributed by atoms with Crippen LogP contribution in [-0.4, -0.2) is 76.3 Å². The number of carbonyl (C=O) groups is 2. The molecule has 1 saturated heterocycles. The second kappa shape index (κ2) is 15.6. The number of allylic oxidation sites excluding steroid dienone is 4. The van der Waals surface area contributed by atoms with Gasteiger partial charge in [-0.05, 0) is 56.6 Å². The van der Waals surface area contributed by atoms with E-state index >= 15 is 0 Å². The minimum absolute atomic E-state index is 0.128. The zero-order chi connectivity index (χ0) is 28.0. The molecule has 0 aliphatic carbocycles. The van der Waals surface area contributed by atoms with Gasteiger partial charge in [-0.1, -0.05) is 6.58 Å². The number of methoxy groups -OCH3 is 1. The molecule has 1 fully saturated rings. The van der Waals surface area contributed by atoms with E-state index in [2.05, 4.69) is 40.4 Å². The summed E-state index contributed by atoms with van der Waals surface area (Å²) in [5, 5.41) is 9.18. The lowest BCUT2D eigenvalue weighted by Crippen LogP contribution is -2.42. The number of hydrogen-bond acceptors (Lipinski definition) is 8. The van der Waals surface area contributed by atoms with Gasteiger partial charge in [-0.15, -0.1) is 0 Å². The average Bonchev–Trinajstić information content (AvgIpc) is 3.40. The molecule has 2 amide bonds. The first-order valence-electron chi connectivity index (χ1n) is 13.3. The van der Waals surface area contributed by atoms with E-state index in [1.807, 2.05) is 6.08 Å². The van der Waals surface area contributed by atoms with Crippen LogP contribution in [0.2, 0.25) is 0 Å². The maximum absolute atomic E-state index is 13.2. The topological polar surface area (TPSA) is 108 Å². The van der Waals surface area contributed by atoms with Crippen LogP contribution in [0.5, 0.6) is 0 Å². The van der Waals surface area contributed by atoms with E-state index in [-0.39, 0.29) is 11.7 Å². The molecule has 0 unspecified atom stereocenters. The van der Waals surface area contributed by atoms with Crippen LogP contribution in [-0.2, 0) is 14.3 Å². The van der Waals surface area contributed by atoms with Gasteiger partial charge in [0.1, 0.15) is 12.4 Å². The smallest absolute Gasteiger partial charge is 0.291 e. The third kappa shape index (κ3) is 8.90. The molecule has 10 heteroatoms. The van der Waals surface area contributed by atoms with Gasteiger partial charge in [0.05, 0.1) is 6.61 Å². The summed E-state index contributed by atoms with van der Waals surface area (Å²) in [6, 6.07) is 3.22. The van der Waals surface area contributed by atoms with Gasteiger partial charge < -0.3 is 34.7 Å². The summed E-state index contributed by atoms with van der Waals surface area (Å²) in [6.45, 7) is 13.7. The number of anilines is 1. The van der Waals surface area contributed by atoms with Crippen LogP contribution in [0.25, 0.3) is 0 Å². The SMILES string of the molecule is C=C/C(=C\C1=C(C)C(=O)N(c2ccc(C(=O)N/C=C/NC/C=C(\C)N3CCNCC3)o2)CCC1)OCCOC. The van der Waals surface area contributed by atoms with Crippen molar-refractivity contribution in [2.75, 3.05) is 64.5 Å². The average molecular weight is 540 g/mol. The Morgan fingerprint density at radius 1 is 1.21 bits per heavy atom. The number of carbonyl (C=O) groups excluding carboxylic acids is 2. The van der Waals surface area contributed by atoms with Crippen LogP contribution in [0.1, 0.15) is 37.2 Å². The fraction of sp³-hybridized carbons (Fsp3) is 0.448. The zero-order valence-electron chi connectivity index (χ0n) is 23.3. The Hall–Kier alpha value is -3.76. The molecule has 3 heterocycles. The molecular formula is C29H41N5O5. The second-order valence-corrected chi connectivity index (χ2v) is 9.24. The maximum Gasteiger partial charge on any atom is 0.291 e. The van der Waals surface area contributed by atoms with Gasteiger partial charge in [0.15, 0.2) is 5.76 Å². The number of piperazine rings is 1. The predicted octanol–water partition coefficient (Wildman–Crippen LogP) is 3.06. The molecule has 0 aromatic carbocycles. The third-order valence-electron chi connectivity index (χ3n) is 6.58. The first-order chi connectivity index (χ1) is 18.9. The van der Waals surface area contributed by atoms with Crippen molar-refractivity contribution in [3.8, 4) is 0 Å². The standard InChI is InChI=1S/C29H41N5O5/c1-5-25(38-20-19-37-4)21-24-7-6-16-34(29(36)23(24)3)27-9-8-26(39-27)28(35)32-13-12-30-11-10-22(2)33-17-14-31-15-18-33/h5,8-10,12-13,21,30-31H,1,6-7,11,14-20H2,2-4H3,(H,32,35)/b13-12+,22-10+,25-21+.